The Morgan fingerprint density at radius 3 is 2.65 bits per heavy atom. The summed E-state index contributed by atoms with van der Waals surface area (Å²) >= 11 is 0. The van der Waals surface area contributed by atoms with Gasteiger partial charge in [-0.3, -0.25) is 9.48 Å². The molecule has 1 amide bonds. The van der Waals surface area contributed by atoms with E-state index in [1.807, 2.05) is 29.2 Å². The van der Waals surface area contributed by atoms with Crippen LogP contribution in [0.15, 0.2) is 36.5 Å². The molecule has 1 aliphatic heterocycles. The van der Waals surface area contributed by atoms with E-state index in [2.05, 4.69) is 10.4 Å². The Bertz CT molecular complexity index is 804. The topological polar surface area (TPSA) is 50.2 Å². The van der Waals surface area contributed by atoms with Gasteiger partial charge in [-0.15, -0.1) is 0 Å². The molecule has 0 spiro atoms. The molecule has 0 radical (unpaired) electrons. The number of alkyl halides is 2. The number of carbonyl (C=O) groups is 1. The summed E-state index contributed by atoms with van der Waals surface area (Å²) in [5.41, 5.74) is 3.01. The van der Waals surface area contributed by atoms with Crippen LogP contribution in [-0.4, -0.2) is 33.1 Å². The fourth-order valence-electron chi connectivity index (χ4n) is 3.51. The number of nitrogens with zero attached hydrogens (tertiary/aromatic N) is 3. The summed E-state index contributed by atoms with van der Waals surface area (Å²) in [6, 6.07) is 9.00. The Morgan fingerprint density at radius 1 is 1.19 bits per heavy atom. The van der Waals surface area contributed by atoms with E-state index in [1.165, 1.54) is 4.68 Å². The summed E-state index contributed by atoms with van der Waals surface area (Å²) in [6.45, 7) is 2.53. The molecular weight excluding hydrogens is 338 g/mol. The molecular formula is C19H22F2N4O. The normalized spacial score (nSPS) is 21.4. The predicted octanol–water partition coefficient (Wildman–Crippen LogP) is 2.88. The lowest BCUT2D eigenvalue weighted by atomic mass is 10.1. The molecule has 138 valence electrons. The van der Waals surface area contributed by atoms with Gasteiger partial charge in [0.25, 0.3) is 5.92 Å². The van der Waals surface area contributed by atoms with Crippen molar-refractivity contribution >= 4 is 5.91 Å². The van der Waals surface area contributed by atoms with E-state index < -0.39 is 12.0 Å². The number of halogens is 2. The molecule has 0 bridgehead atoms. The average molecular weight is 360 g/mol. The van der Waals surface area contributed by atoms with Gasteiger partial charge in [0.05, 0.1) is 5.69 Å². The first-order valence-corrected chi connectivity index (χ1v) is 9.00. The lowest BCUT2D eigenvalue weighted by Gasteiger charge is -2.18. The number of amides is 1. The van der Waals surface area contributed by atoms with Gasteiger partial charge in [-0.05, 0) is 23.6 Å². The molecule has 26 heavy (non-hydrogen) atoms. The van der Waals surface area contributed by atoms with E-state index in [9.17, 15) is 13.6 Å². The van der Waals surface area contributed by atoms with Crippen LogP contribution in [0, 0.1) is 0 Å². The maximum atomic E-state index is 13.3. The SMILES string of the molecule is O=C1CCCN1Cc1ccccc1CNCc1ccnn1C1CC1(F)F. The zero-order valence-electron chi connectivity index (χ0n) is 14.5. The Morgan fingerprint density at radius 2 is 1.96 bits per heavy atom. The molecule has 1 unspecified atom stereocenters. The second-order valence-corrected chi connectivity index (χ2v) is 7.04. The zero-order chi connectivity index (χ0) is 18.1. The van der Waals surface area contributed by atoms with Crippen molar-refractivity contribution < 1.29 is 13.6 Å². The van der Waals surface area contributed by atoms with Gasteiger partial charge < -0.3 is 10.2 Å². The largest absolute Gasteiger partial charge is 0.338 e. The third-order valence-corrected chi connectivity index (χ3v) is 5.11. The van der Waals surface area contributed by atoms with Gasteiger partial charge in [0.15, 0.2) is 0 Å². The monoisotopic (exact) mass is 360 g/mol. The number of likely N-dealkylation sites (tertiary alicyclic amines) is 1. The molecule has 1 aromatic carbocycles. The first kappa shape index (κ1) is 17.1. The molecule has 4 rings (SSSR count). The van der Waals surface area contributed by atoms with Crippen LogP contribution in [0.2, 0.25) is 0 Å². The van der Waals surface area contributed by atoms with Gasteiger partial charge in [-0.2, -0.15) is 5.10 Å². The molecule has 2 aliphatic rings. The van der Waals surface area contributed by atoms with Crippen molar-refractivity contribution in [2.75, 3.05) is 6.54 Å². The van der Waals surface area contributed by atoms with Gasteiger partial charge in [0.2, 0.25) is 5.91 Å². The van der Waals surface area contributed by atoms with Crippen molar-refractivity contribution in [2.24, 2.45) is 0 Å². The Hall–Kier alpha value is -2.28. The summed E-state index contributed by atoms with van der Waals surface area (Å²) in [7, 11) is 0. The van der Waals surface area contributed by atoms with Crippen LogP contribution in [0.3, 0.4) is 0 Å². The molecule has 2 fully saturated rings. The molecule has 5 nitrogen and oxygen atoms in total. The van der Waals surface area contributed by atoms with Crippen LogP contribution in [0.1, 0.15) is 42.1 Å². The van der Waals surface area contributed by atoms with E-state index in [4.69, 9.17) is 0 Å². The minimum absolute atomic E-state index is 0.131. The van der Waals surface area contributed by atoms with Gasteiger partial charge in [-0.1, -0.05) is 24.3 Å². The number of aromatic nitrogens is 2. The number of benzene rings is 1. The number of nitrogens with one attached hydrogen (secondary N) is 1. The summed E-state index contributed by atoms with van der Waals surface area (Å²) in [6.07, 6.45) is 3.00. The quantitative estimate of drug-likeness (QED) is 0.826. The third-order valence-electron chi connectivity index (χ3n) is 5.11. The molecule has 1 aliphatic carbocycles. The Labute approximate surface area is 151 Å². The summed E-state index contributed by atoms with van der Waals surface area (Å²) in [4.78, 5) is 13.8. The number of hydrogen-bond acceptors (Lipinski definition) is 3. The second kappa shape index (κ2) is 6.79. The van der Waals surface area contributed by atoms with E-state index >= 15 is 0 Å². The fraction of sp³-hybridized carbons (Fsp3) is 0.474. The highest BCUT2D eigenvalue weighted by Gasteiger charge is 2.59. The van der Waals surface area contributed by atoms with Crippen molar-refractivity contribution in [1.29, 1.82) is 0 Å². The first-order chi connectivity index (χ1) is 12.5. The zero-order valence-corrected chi connectivity index (χ0v) is 14.5. The molecule has 1 saturated heterocycles. The molecule has 1 N–H and O–H groups in total. The molecule has 7 heteroatoms. The molecule has 2 aromatic rings. The van der Waals surface area contributed by atoms with Gasteiger partial charge in [0, 0.05) is 45.2 Å². The van der Waals surface area contributed by atoms with Crippen molar-refractivity contribution in [2.45, 2.75) is 50.9 Å². The average Bonchev–Trinajstić information content (AvgIpc) is 2.95. The molecule has 1 saturated carbocycles. The first-order valence-electron chi connectivity index (χ1n) is 9.00. The molecule has 1 atom stereocenters. The predicted molar refractivity (Wildman–Crippen MR) is 92.5 cm³/mol. The maximum Gasteiger partial charge on any atom is 0.272 e. The minimum Gasteiger partial charge on any atom is -0.338 e. The standard InChI is InChI=1S/C19H22F2N4O/c20-19(21)10-17(19)25-16(7-8-23-25)12-22-11-14-4-1-2-5-15(14)13-24-9-3-6-18(24)26/h1-2,4-5,7-8,17,22H,3,6,9-13H2. The second-order valence-electron chi connectivity index (χ2n) is 7.04. The van der Waals surface area contributed by atoms with Gasteiger partial charge in [-0.25, -0.2) is 8.78 Å². The van der Waals surface area contributed by atoms with Gasteiger partial charge >= 0.3 is 0 Å². The van der Waals surface area contributed by atoms with Crippen LogP contribution in [0.5, 0.6) is 0 Å². The Kier molecular flexibility index (Phi) is 4.48. The maximum absolute atomic E-state index is 13.3. The number of carbonyl (C=O) groups excluding carboxylic acids is 1. The van der Waals surface area contributed by atoms with Crippen LogP contribution in [0.4, 0.5) is 8.78 Å². The van der Waals surface area contributed by atoms with Gasteiger partial charge in [0.1, 0.15) is 6.04 Å². The van der Waals surface area contributed by atoms with Crippen LogP contribution >= 0.6 is 0 Å². The molecule has 1 aromatic heterocycles. The number of rotatable bonds is 7. The summed E-state index contributed by atoms with van der Waals surface area (Å²) < 4.78 is 28.0. The van der Waals surface area contributed by atoms with Crippen molar-refractivity contribution in [3.05, 3.63) is 53.3 Å². The minimum atomic E-state index is -2.63. The fourth-order valence-corrected chi connectivity index (χ4v) is 3.51. The Balaban J connectivity index is 1.37. The highest BCUT2D eigenvalue weighted by Crippen LogP contribution is 2.52. The number of hydrogen-bond donors (Lipinski definition) is 1. The lowest BCUT2D eigenvalue weighted by Crippen LogP contribution is -2.25. The van der Waals surface area contributed by atoms with E-state index in [1.54, 1.807) is 12.3 Å². The van der Waals surface area contributed by atoms with E-state index in [0.29, 0.717) is 26.1 Å². The van der Waals surface area contributed by atoms with E-state index in [0.717, 1.165) is 29.8 Å². The lowest BCUT2D eigenvalue weighted by molar-refractivity contribution is -0.128. The highest BCUT2D eigenvalue weighted by atomic mass is 19.3. The summed E-state index contributed by atoms with van der Waals surface area (Å²) in [5.74, 6) is -2.42. The van der Waals surface area contributed by atoms with Crippen molar-refractivity contribution in [1.82, 2.24) is 20.0 Å². The highest BCUT2D eigenvalue weighted by molar-refractivity contribution is 5.78. The van der Waals surface area contributed by atoms with E-state index in [-0.39, 0.29) is 12.3 Å². The van der Waals surface area contributed by atoms with Crippen LogP contribution in [0.25, 0.3) is 0 Å². The molecule has 2 heterocycles. The summed E-state index contributed by atoms with van der Waals surface area (Å²) in [5, 5.41) is 7.37. The van der Waals surface area contributed by atoms with Crippen molar-refractivity contribution in [3.63, 3.8) is 0 Å². The third kappa shape index (κ3) is 3.49. The van der Waals surface area contributed by atoms with Crippen molar-refractivity contribution in [3.8, 4) is 0 Å². The smallest absolute Gasteiger partial charge is 0.272 e. The van der Waals surface area contributed by atoms with Crippen LogP contribution < -0.4 is 5.32 Å². The van der Waals surface area contributed by atoms with Crippen LogP contribution in [-0.2, 0) is 24.4 Å².